The van der Waals surface area contributed by atoms with Crippen LogP contribution in [-0.2, 0) is 15.1 Å². The highest BCUT2D eigenvalue weighted by Crippen LogP contribution is 2.39. The van der Waals surface area contributed by atoms with Crippen LogP contribution in [0.25, 0.3) is 0 Å². The van der Waals surface area contributed by atoms with Crippen LogP contribution in [0.3, 0.4) is 0 Å². The Hall–Kier alpha value is -3.12. The molecule has 2 heterocycles. The van der Waals surface area contributed by atoms with Crippen LogP contribution in [0.2, 0.25) is 5.02 Å². The van der Waals surface area contributed by atoms with Crippen LogP contribution in [0.4, 0.5) is 5.69 Å². The summed E-state index contributed by atoms with van der Waals surface area (Å²) in [5.74, 6) is -0.518. The van der Waals surface area contributed by atoms with E-state index in [9.17, 15) is 9.59 Å². The molecule has 2 aromatic carbocycles. The van der Waals surface area contributed by atoms with Gasteiger partial charge in [-0.3, -0.25) is 19.9 Å². The summed E-state index contributed by atoms with van der Waals surface area (Å²) in [6.07, 6.45) is 1.48. The molecule has 4 rings (SSSR count). The van der Waals surface area contributed by atoms with Gasteiger partial charge in [0.05, 0.1) is 46.5 Å². The third kappa shape index (κ3) is 5.49. The minimum absolute atomic E-state index is 0. The van der Waals surface area contributed by atoms with Crippen molar-refractivity contribution >= 4 is 47.5 Å². The van der Waals surface area contributed by atoms with Crippen molar-refractivity contribution in [2.75, 3.05) is 5.32 Å². The fourth-order valence-corrected chi connectivity index (χ4v) is 5.37. The number of guanidine groups is 1. The lowest BCUT2D eigenvalue weighted by Crippen LogP contribution is -2.63. The number of nitrogens with one attached hydrogen (secondary N) is 3. The van der Waals surface area contributed by atoms with Gasteiger partial charge in [-0.25, -0.2) is 0 Å². The number of nitriles is 1. The molecule has 0 radical (unpaired) electrons. The summed E-state index contributed by atoms with van der Waals surface area (Å²) in [6, 6.07) is 13.5. The summed E-state index contributed by atoms with van der Waals surface area (Å²) in [6.45, 7) is 5.79. The van der Waals surface area contributed by atoms with Gasteiger partial charge in [-0.2, -0.15) is 5.26 Å². The van der Waals surface area contributed by atoms with Crippen LogP contribution in [0.1, 0.15) is 61.5 Å². The molecule has 190 valence electrons. The second kappa shape index (κ2) is 10.9. The van der Waals surface area contributed by atoms with Crippen molar-refractivity contribution in [3.05, 3.63) is 64.2 Å². The first-order valence-electron chi connectivity index (χ1n) is 11.6. The summed E-state index contributed by atoms with van der Waals surface area (Å²) in [5, 5.41) is 24.0. The predicted molar refractivity (Wildman–Crippen MR) is 141 cm³/mol. The maximum Gasteiger partial charge on any atom is 0.255 e. The molecule has 4 atom stereocenters. The molecule has 2 amide bonds. The number of nitrogens with zero attached hydrogens (tertiary/aromatic N) is 2. The molecule has 0 bridgehead atoms. The van der Waals surface area contributed by atoms with Gasteiger partial charge in [0, 0.05) is 11.6 Å². The molecule has 2 aromatic rings. The number of carbonyl (C=O) groups excluding carboxylic acids is 2. The molecule has 36 heavy (non-hydrogen) atoms. The van der Waals surface area contributed by atoms with Crippen molar-refractivity contribution in [1.29, 1.82) is 10.7 Å². The maximum absolute atomic E-state index is 13.3. The Morgan fingerprint density at radius 3 is 2.56 bits per heavy atom. The third-order valence-corrected chi connectivity index (χ3v) is 6.95. The number of ether oxygens (including phenoxy) is 1. The number of halogens is 2. The van der Waals surface area contributed by atoms with Gasteiger partial charge in [-0.15, -0.1) is 12.4 Å². The topological polar surface area (TPSA) is 118 Å². The molecule has 2 saturated heterocycles. The van der Waals surface area contributed by atoms with Gasteiger partial charge in [-0.1, -0.05) is 29.8 Å². The zero-order chi connectivity index (χ0) is 25.3. The van der Waals surface area contributed by atoms with Crippen molar-refractivity contribution < 1.29 is 14.3 Å². The van der Waals surface area contributed by atoms with Crippen LogP contribution in [0, 0.1) is 16.7 Å². The molecule has 2 fully saturated rings. The molecule has 3 N–H and O–H groups in total. The van der Waals surface area contributed by atoms with Crippen molar-refractivity contribution in [1.82, 2.24) is 10.2 Å². The average molecular weight is 530 g/mol. The van der Waals surface area contributed by atoms with Gasteiger partial charge in [0.1, 0.15) is 0 Å². The van der Waals surface area contributed by atoms with E-state index in [0.29, 0.717) is 35.2 Å². The number of hydrogen-bond donors (Lipinski definition) is 3. The van der Waals surface area contributed by atoms with Gasteiger partial charge in [0.2, 0.25) is 5.91 Å². The average Bonchev–Trinajstić information content (AvgIpc) is 2.79. The molecule has 8 nitrogen and oxygen atoms in total. The lowest BCUT2D eigenvalue weighted by Gasteiger charge is -2.46. The SMILES string of the molecule is C[C@@H]1CC(N2C(=N)N[C@](C)(c3cccc(NC(=O)c4cccc(C#N)c4)c3Cl)CC2=O)C[C@H](C)O1.Cl. The molecule has 10 heteroatoms. The molecular weight excluding hydrogens is 501 g/mol. The first-order valence-corrected chi connectivity index (χ1v) is 11.9. The third-order valence-electron chi connectivity index (χ3n) is 6.54. The highest BCUT2D eigenvalue weighted by molar-refractivity contribution is 6.35. The van der Waals surface area contributed by atoms with Crippen molar-refractivity contribution in [2.45, 2.75) is 63.8 Å². The first kappa shape index (κ1) is 27.5. The van der Waals surface area contributed by atoms with Crippen molar-refractivity contribution in [2.24, 2.45) is 0 Å². The summed E-state index contributed by atoms with van der Waals surface area (Å²) in [5.41, 5.74) is 0.777. The molecule has 0 saturated carbocycles. The molecule has 2 aliphatic rings. The Kier molecular flexibility index (Phi) is 8.29. The van der Waals surface area contributed by atoms with Crippen LogP contribution in [-0.4, -0.2) is 40.9 Å². The minimum Gasteiger partial charge on any atom is -0.375 e. The number of anilines is 1. The molecule has 0 aliphatic carbocycles. The summed E-state index contributed by atoms with van der Waals surface area (Å²) in [7, 11) is 0. The number of rotatable bonds is 4. The van der Waals surface area contributed by atoms with Gasteiger partial charge in [-0.05, 0) is 63.4 Å². The first-order chi connectivity index (χ1) is 16.6. The van der Waals surface area contributed by atoms with E-state index in [-0.39, 0.29) is 54.0 Å². The summed E-state index contributed by atoms with van der Waals surface area (Å²) < 4.78 is 5.80. The van der Waals surface area contributed by atoms with Gasteiger partial charge < -0.3 is 15.4 Å². The Balaban J connectivity index is 0.00000361. The van der Waals surface area contributed by atoms with Crippen LogP contribution in [0.15, 0.2) is 42.5 Å². The Morgan fingerprint density at radius 2 is 1.92 bits per heavy atom. The molecular formula is C26H29Cl2N5O3. The van der Waals surface area contributed by atoms with Crippen LogP contribution < -0.4 is 10.6 Å². The van der Waals surface area contributed by atoms with E-state index in [1.54, 1.807) is 41.3 Å². The summed E-state index contributed by atoms with van der Waals surface area (Å²) >= 11 is 6.72. The standard InChI is InChI=1S/C26H28ClN5O3.ClH/c1-15-10-19(11-16(2)35-15)32-22(33)13-26(3,31-25(32)29)20-8-5-9-21(23(20)27)30-24(34)18-7-4-6-17(12-18)14-28;/h4-9,12,15-16,19H,10-11,13H2,1-3H3,(H2,29,31)(H,30,34);1H/t15-,16+,19?,26-;/m0./s1. The number of hydrogen-bond acceptors (Lipinski definition) is 5. The fourth-order valence-electron chi connectivity index (χ4n) is 4.99. The van der Waals surface area contributed by atoms with Gasteiger partial charge >= 0.3 is 0 Å². The summed E-state index contributed by atoms with van der Waals surface area (Å²) in [4.78, 5) is 27.6. The molecule has 0 aromatic heterocycles. The quantitative estimate of drug-likeness (QED) is 0.524. The van der Waals surface area contributed by atoms with E-state index >= 15 is 0 Å². The fraction of sp³-hybridized carbons (Fsp3) is 0.385. The van der Waals surface area contributed by atoms with E-state index in [0.717, 1.165) is 0 Å². The second-order valence-corrected chi connectivity index (χ2v) is 9.82. The lowest BCUT2D eigenvalue weighted by molar-refractivity contribution is -0.136. The zero-order valence-corrected chi connectivity index (χ0v) is 21.9. The highest BCUT2D eigenvalue weighted by atomic mass is 35.5. The number of amides is 2. The lowest BCUT2D eigenvalue weighted by atomic mass is 9.85. The Labute approximate surface area is 221 Å². The van der Waals surface area contributed by atoms with E-state index in [1.807, 2.05) is 26.8 Å². The highest BCUT2D eigenvalue weighted by Gasteiger charge is 2.44. The zero-order valence-electron chi connectivity index (χ0n) is 20.3. The normalized spacial score (nSPS) is 25.9. The number of benzene rings is 2. The van der Waals surface area contributed by atoms with Crippen LogP contribution in [0.5, 0.6) is 0 Å². The van der Waals surface area contributed by atoms with E-state index in [4.69, 9.17) is 27.0 Å². The maximum atomic E-state index is 13.3. The monoisotopic (exact) mass is 529 g/mol. The van der Waals surface area contributed by atoms with E-state index in [1.165, 1.54) is 6.07 Å². The Bertz CT molecular complexity index is 1200. The smallest absolute Gasteiger partial charge is 0.255 e. The molecule has 1 unspecified atom stereocenters. The largest absolute Gasteiger partial charge is 0.375 e. The second-order valence-electron chi connectivity index (χ2n) is 9.44. The molecule has 2 aliphatic heterocycles. The molecule has 0 spiro atoms. The Morgan fingerprint density at radius 1 is 1.25 bits per heavy atom. The van der Waals surface area contributed by atoms with Crippen molar-refractivity contribution in [3.8, 4) is 6.07 Å². The van der Waals surface area contributed by atoms with E-state index < -0.39 is 11.4 Å². The predicted octanol–water partition coefficient (Wildman–Crippen LogP) is 4.81. The van der Waals surface area contributed by atoms with Crippen LogP contribution >= 0.6 is 24.0 Å². The van der Waals surface area contributed by atoms with E-state index in [2.05, 4.69) is 10.6 Å². The number of carbonyl (C=O) groups is 2. The van der Waals surface area contributed by atoms with Crippen molar-refractivity contribution in [3.63, 3.8) is 0 Å². The minimum atomic E-state index is -0.925. The van der Waals surface area contributed by atoms with Gasteiger partial charge in [0.25, 0.3) is 5.91 Å². The van der Waals surface area contributed by atoms with Gasteiger partial charge in [0.15, 0.2) is 5.96 Å².